The van der Waals surface area contributed by atoms with Gasteiger partial charge in [0, 0.05) is 18.7 Å². The third kappa shape index (κ3) is 3.83. The quantitative estimate of drug-likeness (QED) is 0.889. The summed E-state index contributed by atoms with van der Waals surface area (Å²) in [5.41, 5.74) is 1.96. The number of carbonyl (C=O) groups excluding carboxylic acids is 1. The standard InChI is InChI=1S/C17H23N3O3/c1-6-15-11(2)19-20(4)16(15)18-17(21)12(3)23-14-9-7-8-13(10-14)22-5/h7-10,12H,6H2,1-5H3,(H,18,21). The number of hydrogen-bond donors (Lipinski definition) is 1. The van der Waals surface area contributed by atoms with Crippen molar-refractivity contribution in [3.63, 3.8) is 0 Å². The highest BCUT2D eigenvalue weighted by atomic mass is 16.5. The number of aryl methyl sites for hydroxylation is 2. The van der Waals surface area contributed by atoms with E-state index in [1.807, 2.05) is 33.0 Å². The minimum atomic E-state index is -0.637. The lowest BCUT2D eigenvalue weighted by molar-refractivity contribution is -0.122. The number of carbonyl (C=O) groups is 1. The van der Waals surface area contributed by atoms with Crippen molar-refractivity contribution >= 4 is 11.7 Å². The van der Waals surface area contributed by atoms with Crippen molar-refractivity contribution in [2.75, 3.05) is 12.4 Å². The second-order valence-electron chi connectivity index (χ2n) is 5.32. The van der Waals surface area contributed by atoms with Gasteiger partial charge in [0.25, 0.3) is 5.91 Å². The van der Waals surface area contributed by atoms with Crippen molar-refractivity contribution in [3.05, 3.63) is 35.5 Å². The van der Waals surface area contributed by atoms with Gasteiger partial charge in [-0.25, -0.2) is 0 Å². The Hall–Kier alpha value is -2.50. The van der Waals surface area contributed by atoms with Gasteiger partial charge in [-0.2, -0.15) is 5.10 Å². The molecule has 1 unspecified atom stereocenters. The van der Waals surface area contributed by atoms with Crippen LogP contribution in [0.25, 0.3) is 0 Å². The second-order valence-corrected chi connectivity index (χ2v) is 5.32. The van der Waals surface area contributed by atoms with Gasteiger partial charge in [-0.1, -0.05) is 13.0 Å². The molecule has 0 bridgehead atoms. The van der Waals surface area contributed by atoms with Crippen LogP contribution in [0.15, 0.2) is 24.3 Å². The third-order valence-corrected chi connectivity index (χ3v) is 3.66. The zero-order valence-electron chi connectivity index (χ0n) is 14.2. The first-order valence-electron chi connectivity index (χ1n) is 7.60. The molecule has 6 nitrogen and oxygen atoms in total. The molecule has 1 amide bonds. The molecule has 0 saturated heterocycles. The Morgan fingerprint density at radius 2 is 2.09 bits per heavy atom. The molecule has 1 atom stereocenters. The molecule has 1 aromatic heterocycles. The van der Waals surface area contributed by atoms with Crippen LogP contribution in [0.1, 0.15) is 25.1 Å². The van der Waals surface area contributed by atoms with Crippen LogP contribution >= 0.6 is 0 Å². The molecule has 0 radical (unpaired) electrons. The minimum absolute atomic E-state index is 0.217. The number of aromatic nitrogens is 2. The number of nitrogens with zero attached hydrogens (tertiary/aromatic N) is 2. The molecule has 2 rings (SSSR count). The van der Waals surface area contributed by atoms with E-state index in [-0.39, 0.29) is 5.91 Å². The fourth-order valence-electron chi connectivity index (χ4n) is 2.43. The van der Waals surface area contributed by atoms with Crippen LogP contribution in [-0.2, 0) is 18.3 Å². The molecule has 23 heavy (non-hydrogen) atoms. The second kappa shape index (κ2) is 7.17. The summed E-state index contributed by atoms with van der Waals surface area (Å²) in [4.78, 5) is 12.4. The first kappa shape index (κ1) is 16.9. The lowest BCUT2D eigenvalue weighted by atomic mass is 10.2. The molecule has 0 aliphatic heterocycles. The third-order valence-electron chi connectivity index (χ3n) is 3.66. The molecule has 0 aliphatic rings. The van der Waals surface area contributed by atoms with Crippen molar-refractivity contribution in [1.82, 2.24) is 9.78 Å². The Morgan fingerprint density at radius 1 is 1.39 bits per heavy atom. The largest absolute Gasteiger partial charge is 0.497 e. The first-order valence-corrected chi connectivity index (χ1v) is 7.60. The van der Waals surface area contributed by atoms with E-state index in [0.29, 0.717) is 11.5 Å². The topological polar surface area (TPSA) is 65.4 Å². The number of benzene rings is 1. The minimum Gasteiger partial charge on any atom is -0.497 e. The maximum absolute atomic E-state index is 12.4. The molecule has 0 spiro atoms. The number of ether oxygens (including phenoxy) is 2. The summed E-state index contributed by atoms with van der Waals surface area (Å²) in [6, 6.07) is 7.18. The Balaban J connectivity index is 2.08. The molecule has 0 fully saturated rings. The molecule has 1 aromatic carbocycles. The molecule has 124 valence electrons. The van der Waals surface area contributed by atoms with Crippen LogP contribution < -0.4 is 14.8 Å². The SMILES string of the molecule is CCc1c(C)nn(C)c1NC(=O)C(C)Oc1cccc(OC)c1. The highest BCUT2D eigenvalue weighted by Crippen LogP contribution is 2.22. The van der Waals surface area contributed by atoms with Crippen LogP contribution in [0.2, 0.25) is 0 Å². The van der Waals surface area contributed by atoms with Crippen molar-refractivity contribution in [1.29, 1.82) is 0 Å². The molecule has 2 aromatic rings. The molecular weight excluding hydrogens is 294 g/mol. The summed E-state index contributed by atoms with van der Waals surface area (Å²) < 4.78 is 12.5. The molecule has 6 heteroatoms. The maximum Gasteiger partial charge on any atom is 0.266 e. The van der Waals surface area contributed by atoms with E-state index >= 15 is 0 Å². The van der Waals surface area contributed by atoms with Gasteiger partial charge >= 0.3 is 0 Å². The smallest absolute Gasteiger partial charge is 0.266 e. The maximum atomic E-state index is 12.4. The highest BCUT2D eigenvalue weighted by molar-refractivity contribution is 5.94. The van der Waals surface area contributed by atoms with Crippen LogP contribution in [-0.4, -0.2) is 28.9 Å². The molecule has 1 N–H and O–H groups in total. The summed E-state index contributed by atoms with van der Waals surface area (Å²) in [7, 11) is 3.40. The van der Waals surface area contributed by atoms with Crippen LogP contribution in [0, 0.1) is 6.92 Å². The van der Waals surface area contributed by atoms with E-state index < -0.39 is 6.10 Å². The van der Waals surface area contributed by atoms with Gasteiger partial charge in [0.15, 0.2) is 6.10 Å². The molecule has 1 heterocycles. The van der Waals surface area contributed by atoms with Crippen LogP contribution in [0.5, 0.6) is 11.5 Å². The fraction of sp³-hybridized carbons (Fsp3) is 0.412. The molecule has 0 aliphatic carbocycles. The van der Waals surface area contributed by atoms with Gasteiger partial charge in [0.05, 0.1) is 12.8 Å². The number of hydrogen-bond acceptors (Lipinski definition) is 4. The highest BCUT2D eigenvalue weighted by Gasteiger charge is 2.19. The number of rotatable bonds is 6. The predicted molar refractivity (Wildman–Crippen MR) is 89.0 cm³/mol. The Bertz CT molecular complexity index is 694. The monoisotopic (exact) mass is 317 g/mol. The number of nitrogens with one attached hydrogen (secondary N) is 1. The summed E-state index contributed by atoms with van der Waals surface area (Å²) in [5.74, 6) is 1.77. The number of methoxy groups -OCH3 is 1. The van der Waals surface area contributed by atoms with Gasteiger partial charge in [0.2, 0.25) is 0 Å². The van der Waals surface area contributed by atoms with Crippen molar-refractivity contribution < 1.29 is 14.3 Å². The van der Waals surface area contributed by atoms with Gasteiger partial charge in [0.1, 0.15) is 17.3 Å². The summed E-state index contributed by atoms with van der Waals surface area (Å²) >= 11 is 0. The first-order chi connectivity index (χ1) is 11.0. The van der Waals surface area contributed by atoms with Gasteiger partial charge < -0.3 is 14.8 Å². The Kier molecular flexibility index (Phi) is 5.26. The van der Waals surface area contributed by atoms with E-state index in [4.69, 9.17) is 9.47 Å². The number of anilines is 1. The van der Waals surface area contributed by atoms with E-state index in [1.165, 1.54) is 0 Å². The molecular formula is C17H23N3O3. The fourth-order valence-corrected chi connectivity index (χ4v) is 2.43. The van der Waals surface area contributed by atoms with Crippen LogP contribution in [0.3, 0.4) is 0 Å². The molecule has 0 saturated carbocycles. The summed E-state index contributed by atoms with van der Waals surface area (Å²) in [5, 5.41) is 7.25. The Morgan fingerprint density at radius 3 is 2.74 bits per heavy atom. The average molecular weight is 317 g/mol. The summed E-state index contributed by atoms with van der Waals surface area (Å²) in [6.45, 7) is 5.68. The average Bonchev–Trinajstić information content (AvgIpc) is 2.80. The number of amides is 1. The van der Waals surface area contributed by atoms with Crippen LogP contribution in [0.4, 0.5) is 5.82 Å². The van der Waals surface area contributed by atoms with E-state index in [1.54, 1.807) is 30.8 Å². The summed E-state index contributed by atoms with van der Waals surface area (Å²) in [6.07, 6.45) is 0.169. The van der Waals surface area contributed by atoms with Crippen molar-refractivity contribution in [3.8, 4) is 11.5 Å². The van der Waals surface area contributed by atoms with E-state index in [0.717, 1.165) is 23.5 Å². The zero-order valence-corrected chi connectivity index (χ0v) is 14.2. The van der Waals surface area contributed by atoms with Gasteiger partial charge in [-0.15, -0.1) is 0 Å². The lowest BCUT2D eigenvalue weighted by Crippen LogP contribution is -2.31. The lowest BCUT2D eigenvalue weighted by Gasteiger charge is -2.16. The predicted octanol–water partition coefficient (Wildman–Crippen LogP) is 2.71. The van der Waals surface area contributed by atoms with E-state index in [9.17, 15) is 4.79 Å². The Labute approximate surface area is 136 Å². The van der Waals surface area contributed by atoms with Gasteiger partial charge in [-0.05, 0) is 32.4 Å². The normalized spacial score (nSPS) is 11.9. The van der Waals surface area contributed by atoms with Crippen molar-refractivity contribution in [2.45, 2.75) is 33.3 Å². The van der Waals surface area contributed by atoms with Gasteiger partial charge in [-0.3, -0.25) is 9.48 Å². The van der Waals surface area contributed by atoms with Crippen molar-refractivity contribution in [2.24, 2.45) is 7.05 Å². The van der Waals surface area contributed by atoms with E-state index in [2.05, 4.69) is 10.4 Å². The zero-order chi connectivity index (χ0) is 17.0.